The molecule has 2 unspecified atom stereocenters. The summed E-state index contributed by atoms with van der Waals surface area (Å²) in [6, 6.07) is 65.5. The van der Waals surface area contributed by atoms with Crippen molar-refractivity contribution in [1.82, 2.24) is 0 Å². The largest absolute Gasteiger partial charge is 0.334 e. The number of nitrogens with zero attached hydrogens (tertiary/aromatic N) is 3. The second-order valence-corrected chi connectivity index (χ2v) is 32.3. The van der Waals surface area contributed by atoms with E-state index >= 15 is 0 Å². The Balaban J connectivity index is 1.06. The third kappa shape index (κ3) is 8.09. The van der Waals surface area contributed by atoms with Crippen LogP contribution in [-0.2, 0) is 27.1 Å². The third-order valence-corrected chi connectivity index (χ3v) is 23.1. The topological polar surface area (TPSA) is 9.72 Å². The predicted octanol–water partition coefficient (Wildman–Crippen LogP) is 21.4. The van der Waals surface area contributed by atoms with Gasteiger partial charge in [-0.3, -0.25) is 0 Å². The molecule has 2 atom stereocenters. The summed E-state index contributed by atoms with van der Waals surface area (Å²) >= 11 is 3.92. The molecule has 5 heterocycles. The molecule has 0 bridgehead atoms. The van der Waals surface area contributed by atoms with Crippen LogP contribution in [0.15, 0.2) is 164 Å². The van der Waals surface area contributed by atoms with E-state index in [0.29, 0.717) is 0 Å². The van der Waals surface area contributed by atoms with Crippen molar-refractivity contribution in [1.29, 1.82) is 0 Å². The van der Waals surface area contributed by atoms with Crippen LogP contribution in [0.5, 0.6) is 0 Å². The molecule has 1 fully saturated rings. The Morgan fingerprint density at radius 2 is 1.00 bits per heavy atom. The first-order valence-electron chi connectivity index (χ1n) is 31.3. The summed E-state index contributed by atoms with van der Waals surface area (Å²) in [6.07, 6.45) is 4.80. The summed E-state index contributed by atoms with van der Waals surface area (Å²) in [7, 11) is 0. The van der Waals surface area contributed by atoms with Gasteiger partial charge in [0.15, 0.2) is 0 Å². The fourth-order valence-electron chi connectivity index (χ4n) is 15.6. The molecule has 2 aromatic heterocycles. The highest BCUT2D eigenvalue weighted by atomic mass is 32.1. The number of thiophene rings is 2. The van der Waals surface area contributed by atoms with Crippen molar-refractivity contribution in [2.75, 3.05) is 14.7 Å². The standard InChI is InChI=1S/C79H80BN3S2/c1-47-40-66-70-67(41-47)82(62-34-26-49(74(2,3)4)42-56(62)48-22-17-16-18-23-48)71-61(33-31-55-58-44-51(76(8,9)10)29-37-69(58)85-73(55)71)80(70)60-32-30-53(83-63-35-27-52(77(11,12)13)45-59(63)78(14)38-19-20-39-79(78,83)15)46-65(60)81(66)64-25-21-24-54-57-43-50(75(5,6)7)28-36-68(57)84-72(54)64/h16-18,21-37,40-46H,19-20,38-39H2,1-15H3. The van der Waals surface area contributed by atoms with Crippen LogP contribution in [0.25, 0.3) is 51.5 Å². The summed E-state index contributed by atoms with van der Waals surface area (Å²) in [5, 5.41) is 5.32. The average Bonchev–Trinajstić information content (AvgIpc) is 2.43. The highest BCUT2D eigenvalue weighted by Gasteiger charge is 2.58. The molecule has 3 nitrogen and oxygen atoms in total. The van der Waals surface area contributed by atoms with Gasteiger partial charge in [0, 0.05) is 70.4 Å². The Morgan fingerprint density at radius 1 is 0.435 bits per heavy atom. The molecular weight excluding hydrogens is 1070 g/mol. The molecule has 6 heteroatoms. The minimum atomic E-state index is -0.119. The number of benzene rings is 9. The first kappa shape index (κ1) is 54.5. The molecule has 0 spiro atoms. The lowest BCUT2D eigenvalue weighted by molar-refractivity contribution is 0.195. The normalized spacial score (nSPS) is 18.6. The van der Waals surface area contributed by atoms with E-state index in [0.717, 1.165) is 6.42 Å². The molecule has 1 saturated carbocycles. The van der Waals surface area contributed by atoms with E-state index in [4.69, 9.17) is 0 Å². The van der Waals surface area contributed by atoms with Crippen LogP contribution >= 0.6 is 22.7 Å². The molecule has 0 radical (unpaired) electrons. The van der Waals surface area contributed by atoms with Crippen molar-refractivity contribution >= 4 is 132 Å². The molecule has 15 rings (SSSR count). The first-order chi connectivity index (χ1) is 40.3. The fraction of sp³-hybridized carbons (Fsp3) is 0.316. The summed E-state index contributed by atoms with van der Waals surface area (Å²) in [6.45, 7) is 35.7. The van der Waals surface area contributed by atoms with Gasteiger partial charge in [0.2, 0.25) is 0 Å². The molecule has 1 aliphatic carbocycles. The summed E-state index contributed by atoms with van der Waals surface area (Å²) < 4.78 is 5.31. The van der Waals surface area contributed by atoms with Gasteiger partial charge in [-0.1, -0.05) is 194 Å². The predicted molar refractivity (Wildman–Crippen MR) is 374 cm³/mol. The van der Waals surface area contributed by atoms with E-state index in [1.165, 1.54) is 166 Å². The smallest absolute Gasteiger partial charge is 0.252 e. The molecule has 3 aliphatic heterocycles. The van der Waals surface area contributed by atoms with Gasteiger partial charge in [-0.05, 0) is 176 Å². The zero-order valence-electron chi connectivity index (χ0n) is 52.7. The molecule has 9 aromatic carbocycles. The maximum atomic E-state index is 2.81. The van der Waals surface area contributed by atoms with Crippen LogP contribution in [0.1, 0.15) is 156 Å². The van der Waals surface area contributed by atoms with E-state index in [1.807, 2.05) is 22.7 Å². The molecule has 11 aromatic rings. The number of hydrogen-bond acceptors (Lipinski definition) is 5. The Kier molecular flexibility index (Phi) is 11.8. The molecule has 0 saturated heterocycles. The van der Waals surface area contributed by atoms with E-state index in [2.05, 4.69) is 282 Å². The van der Waals surface area contributed by atoms with Gasteiger partial charge in [0.25, 0.3) is 6.71 Å². The zero-order valence-corrected chi connectivity index (χ0v) is 54.3. The van der Waals surface area contributed by atoms with Gasteiger partial charge in [0.1, 0.15) is 0 Å². The van der Waals surface area contributed by atoms with Crippen LogP contribution in [0.3, 0.4) is 0 Å². The highest BCUT2D eigenvalue weighted by molar-refractivity contribution is 7.27. The SMILES string of the molecule is Cc1cc2c3c(c1)N(c1ccc(C(C)(C)C)cc1-c1ccccc1)c1c(ccc4c1sc1ccc(C(C)(C)C)cc14)B3c1ccc(N3c4ccc(C(C)(C)C)cc4C4(C)CCCCC34C)cc1N2c1cccc2c1sc1ccc(C(C)(C)C)cc12. The van der Waals surface area contributed by atoms with Crippen LogP contribution in [0.2, 0.25) is 0 Å². The lowest BCUT2D eigenvalue weighted by Gasteiger charge is -2.50. The monoisotopic (exact) mass is 1150 g/mol. The molecule has 426 valence electrons. The van der Waals surface area contributed by atoms with Crippen molar-refractivity contribution in [2.24, 2.45) is 0 Å². The quantitative estimate of drug-likeness (QED) is 0.163. The van der Waals surface area contributed by atoms with Crippen molar-refractivity contribution in [3.05, 3.63) is 197 Å². The number of rotatable bonds is 4. The molecule has 0 N–H and O–H groups in total. The van der Waals surface area contributed by atoms with E-state index < -0.39 is 0 Å². The molecule has 4 aliphatic rings. The Labute approximate surface area is 513 Å². The summed E-state index contributed by atoms with van der Waals surface area (Å²) in [5.74, 6) is 0. The van der Waals surface area contributed by atoms with Gasteiger partial charge in [-0.2, -0.15) is 0 Å². The van der Waals surface area contributed by atoms with Crippen LogP contribution in [0, 0.1) is 6.92 Å². The van der Waals surface area contributed by atoms with Crippen molar-refractivity contribution in [3.63, 3.8) is 0 Å². The number of anilines is 8. The Hall–Kier alpha value is -7.12. The average molecular weight is 1150 g/mol. The van der Waals surface area contributed by atoms with Crippen molar-refractivity contribution in [3.8, 4) is 11.1 Å². The van der Waals surface area contributed by atoms with Crippen molar-refractivity contribution in [2.45, 2.75) is 162 Å². The highest BCUT2D eigenvalue weighted by Crippen LogP contribution is 2.62. The fourth-order valence-corrected chi connectivity index (χ4v) is 18.0. The minimum Gasteiger partial charge on any atom is -0.334 e. The lowest BCUT2D eigenvalue weighted by Crippen LogP contribution is -2.61. The maximum Gasteiger partial charge on any atom is 0.252 e. The van der Waals surface area contributed by atoms with Crippen molar-refractivity contribution < 1.29 is 0 Å². The van der Waals surface area contributed by atoms with E-state index in [9.17, 15) is 0 Å². The number of aryl methyl sites for hydroxylation is 1. The maximum absolute atomic E-state index is 2.81. The minimum absolute atomic E-state index is 0.0106. The molecule has 85 heavy (non-hydrogen) atoms. The lowest BCUT2D eigenvalue weighted by atomic mass is 9.33. The van der Waals surface area contributed by atoms with Gasteiger partial charge in [-0.15, -0.1) is 22.7 Å². The third-order valence-electron chi connectivity index (χ3n) is 20.7. The van der Waals surface area contributed by atoms with E-state index in [1.54, 1.807) is 0 Å². The van der Waals surface area contributed by atoms with Crippen LogP contribution in [0.4, 0.5) is 45.5 Å². The second-order valence-electron chi connectivity index (χ2n) is 30.2. The number of hydrogen-bond donors (Lipinski definition) is 0. The van der Waals surface area contributed by atoms with Crippen LogP contribution < -0.4 is 31.1 Å². The van der Waals surface area contributed by atoms with E-state index in [-0.39, 0.29) is 39.3 Å². The summed E-state index contributed by atoms with van der Waals surface area (Å²) in [4.78, 5) is 8.26. The summed E-state index contributed by atoms with van der Waals surface area (Å²) in [5.41, 5.74) is 24.8. The molecular formula is C79H80BN3S2. The van der Waals surface area contributed by atoms with Gasteiger partial charge >= 0.3 is 0 Å². The number of fused-ring (bicyclic) bond motifs is 14. The zero-order chi connectivity index (χ0) is 59.2. The van der Waals surface area contributed by atoms with Gasteiger partial charge < -0.3 is 14.7 Å². The second kappa shape index (κ2) is 18.5. The Bertz CT molecular complexity index is 4610. The van der Waals surface area contributed by atoms with Crippen LogP contribution in [-0.4, -0.2) is 12.3 Å². The van der Waals surface area contributed by atoms with Gasteiger partial charge in [0.05, 0.1) is 32.0 Å². The Morgan fingerprint density at radius 3 is 1.66 bits per heavy atom. The first-order valence-corrected chi connectivity index (χ1v) is 32.9. The molecule has 0 amide bonds. The van der Waals surface area contributed by atoms with Gasteiger partial charge in [-0.25, -0.2) is 0 Å².